The first-order valence-electron chi connectivity index (χ1n) is 10.4. The summed E-state index contributed by atoms with van der Waals surface area (Å²) in [6.45, 7) is 4.33. The van der Waals surface area contributed by atoms with Gasteiger partial charge >= 0.3 is 0 Å². The van der Waals surface area contributed by atoms with Gasteiger partial charge in [-0.2, -0.15) is 0 Å². The molecule has 0 bridgehead atoms. The Morgan fingerprint density at radius 3 is 2.52 bits per heavy atom. The molecule has 31 heavy (non-hydrogen) atoms. The molecule has 5 nitrogen and oxygen atoms in total. The lowest BCUT2D eigenvalue weighted by atomic mass is 9.95. The molecule has 2 atom stereocenters. The summed E-state index contributed by atoms with van der Waals surface area (Å²) >= 11 is 1.60. The number of carbonyl (C=O) groups is 1. The fraction of sp³-hybridized carbons (Fsp3) is 0.240. The van der Waals surface area contributed by atoms with Gasteiger partial charge in [-0.3, -0.25) is 14.2 Å². The maximum absolute atomic E-state index is 13.0. The monoisotopic (exact) mass is 431 g/mol. The molecule has 2 unspecified atom stereocenters. The highest BCUT2D eigenvalue weighted by Gasteiger charge is 2.19. The van der Waals surface area contributed by atoms with Gasteiger partial charge in [-0.25, -0.2) is 4.98 Å². The minimum atomic E-state index is -0.292. The second-order valence-corrected chi connectivity index (χ2v) is 8.64. The van der Waals surface area contributed by atoms with Crippen molar-refractivity contribution in [1.29, 1.82) is 0 Å². The van der Waals surface area contributed by atoms with E-state index in [-0.39, 0.29) is 24.1 Å². The Morgan fingerprint density at radius 2 is 1.81 bits per heavy atom. The van der Waals surface area contributed by atoms with Crippen molar-refractivity contribution in [2.45, 2.75) is 38.8 Å². The van der Waals surface area contributed by atoms with E-state index in [1.54, 1.807) is 17.4 Å². The number of thiophene rings is 1. The molecule has 1 amide bonds. The van der Waals surface area contributed by atoms with Crippen molar-refractivity contribution in [1.82, 2.24) is 14.9 Å². The minimum absolute atomic E-state index is 0.0608. The predicted octanol–water partition coefficient (Wildman–Crippen LogP) is 4.88. The molecule has 0 radical (unpaired) electrons. The molecule has 0 spiro atoms. The van der Waals surface area contributed by atoms with Crippen molar-refractivity contribution in [3.63, 3.8) is 0 Å². The molecule has 0 fully saturated rings. The van der Waals surface area contributed by atoms with Gasteiger partial charge in [0.15, 0.2) is 0 Å². The van der Waals surface area contributed by atoms with E-state index in [9.17, 15) is 9.59 Å². The number of para-hydroxylation sites is 2. The summed E-state index contributed by atoms with van der Waals surface area (Å²) in [6, 6.07) is 19.5. The van der Waals surface area contributed by atoms with Crippen LogP contribution in [0.4, 0.5) is 0 Å². The third kappa shape index (κ3) is 4.59. The molecule has 6 heteroatoms. The van der Waals surface area contributed by atoms with Crippen LogP contribution in [0.5, 0.6) is 0 Å². The molecule has 0 saturated heterocycles. The molecular weight excluding hydrogens is 406 g/mol. The minimum Gasteiger partial charge on any atom is -0.343 e. The number of nitrogens with one attached hydrogen (secondary N) is 1. The summed E-state index contributed by atoms with van der Waals surface area (Å²) in [5.41, 5.74) is 3.35. The number of hydrogen-bond acceptors (Lipinski definition) is 4. The standard InChI is InChI=1S/C25H25N3O2S/c1-3-17(2)18-10-12-19(13-11-18)25(22-9-6-14-31-22)27-23(29)16-28-21-8-5-4-7-20(21)26-15-24(28)30/h4-15,17,25H,3,16H2,1-2H3,(H,27,29). The predicted molar refractivity (Wildman–Crippen MR) is 125 cm³/mol. The number of fused-ring (bicyclic) bond motifs is 1. The number of amides is 1. The van der Waals surface area contributed by atoms with Crippen molar-refractivity contribution >= 4 is 28.3 Å². The lowest BCUT2D eigenvalue weighted by molar-refractivity contribution is -0.122. The molecule has 2 aromatic heterocycles. The zero-order valence-corrected chi connectivity index (χ0v) is 18.4. The number of hydrogen-bond donors (Lipinski definition) is 1. The molecule has 2 aromatic carbocycles. The Hall–Kier alpha value is -3.25. The fourth-order valence-corrected chi connectivity index (χ4v) is 4.46. The SMILES string of the molecule is CCC(C)c1ccc(C(NC(=O)Cn2c(=O)cnc3ccccc32)c2cccs2)cc1. The van der Waals surface area contributed by atoms with E-state index in [0.717, 1.165) is 16.9 Å². The van der Waals surface area contributed by atoms with Crippen LogP contribution >= 0.6 is 11.3 Å². The van der Waals surface area contributed by atoms with Gasteiger partial charge in [-0.1, -0.05) is 56.3 Å². The highest BCUT2D eigenvalue weighted by molar-refractivity contribution is 7.10. The second-order valence-electron chi connectivity index (χ2n) is 7.66. The van der Waals surface area contributed by atoms with Crippen LogP contribution in [-0.2, 0) is 11.3 Å². The van der Waals surface area contributed by atoms with Crippen LogP contribution in [0.2, 0.25) is 0 Å². The molecule has 0 aliphatic heterocycles. The quantitative estimate of drug-likeness (QED) is 0.454. The molecule has 4 rings (SSSR count). The Kier molecular flexibility index (Phi) is 6.28. The van der Waals surface area contributed by atoms with Gasteiger partial charge in [-0.05, 0) is 47.0 Å². The first-order valence-corrected chi connectivity index (χ1v) is 11.3. The van der Waals surface area contributed by atoms with Crippen LogP contribution in [0, 0.1) is 0 Å². The molecule has 1 N–H and O–H groups in total. The number of carbonyl (C=O) groups excluding carboxylic acids is 1. The normalized spacial score (nSPS) is 13.1. The summed E-state index contributed by atoms with van der Waals surface area (Å²) in [5, 5.41) is 5.13. The molecule has 4 aromatic rings. The molecular formula is C25H25N3O2S. The maximum Gasteiger partial charge on any atom is 0.269 e. The topological polar surface area (TPSA) is 64.0 Å². The first-order chi connectivity index (χ1) is 15.1. The van der Waals surface area contributed by atoms with Crippen LogP contribution < -0.4 is 10.9 Å². The zero-order chi connectivity index (χ0) is 21.8. The molecule has 158 valence electrons. The van der Waals surface area contributed by atoms with Crippen molar-refractivity contribution in [3.05, 3.63) is 98.6 Å². The highest BCUT2D eigenvalue weighted by atomic mass is 32.1. The van der Waals surface area contributed by atoms with Gasteiger partial charge in [0.05, 0.1) is 23.3 Å². The number of aromatic nitrogens is 2. The van der Waals surface area contributed by atoms with E-state index in [0.29, 0.717) is 17.0 Å². The summed E-state index contributed by atoms with van der Waals surface area (Å²) in [5.74, 6) is 0.276. The summed E-state index contributed by atoms with van der Waals surface area (Å²) in [4.78, 5) is 30.6. The number of benzene rings is 2. The van der Waals surface area contributed by atoms with E-state index in [1.165, 1.54) is 16.3 Å². The van der Waals surface area contributed by atoms with E-state index < -0.39 is 0 Å². The van der Waals surface area contributed by atoms with E-state index in [4.69, 9.17) is 0 Å². The van der Waals surface area contributed by atoms with Crippen LogP contribution in [0.3, 0.4) is 0 Å². The largest absolute Gasteiger partial charge is 0.343 e. The summed E-state index contributed by atoms with van der Waals surface area (Å²) in [6.07, 6.45) is 2.35. The van der Waals surface area contributed by atoms with Crippen molar-refractivity contribution in [2.24, 2.45) is 0 Å². The Bertz CT molecular complexity index is 1230. The van der Waals surface area contributed by atoms with Crippen LogP contribution in [0.25, 0.3) is 11.0 Å². The van der Waals surface area contributed by atoms with E-state index in [1.807, 2.05) is 35.7 Å². The van der Waals surface area contributed by atoms with Crippen molar-refractivity contribution in [2.75, 3.05) is 0 Å². The average Bonchev–Trinajstić information content (AvgIpc) is 3.34. The highest BCUT2D eigenvalue weighted by Crippen LogP contribution is 2.28. The number of nitrogens with zero attached hydrogens (tertiary/aromatic N) is 2. The van der Waals surface area contributed by atoms with Crippen molar-refractivity contribution < 1.29 is 4.79 Å². The first kappa shape index (κ1) is 21.0. The molecule has 2 heterocycles. The van der Waals surface area contributed by atoms with Gasteiger partial charge in [-0.15, -0.1) is 11.3 Å². The third-order valence-electron chi connectivity index (χ3n) is 5.64. The van der Waals surface area contributed by atoms with Gasteiger partial charge in [0.2, 0.25) is 5.91 Å². The molecule has 0 aliphatic carbocycles. The van der Waals surface area contributed by atoms with Crippen LogP contribution in [0.1, 0.15) is 48.2 Å². The van der Waals surface area contributed by atoms with E-state index in [2.05, 4.69) is 48.4 Å². The van der Waals surface area contributed by atoms with Gasteiger partial charge in [0.1, 0.15) is 6.54 Å². The lowest BCUT2D eigenvalue weighted by Gasteiger charge is -2.20. The zero-order valence-electron chi connectivity index (χ0n) is 17.6. The Morgan fingerprint density at radius 1 is 1.06 bits per heavy atom. The third-order valence-corrected chi connectivity index (χ3v) is 6.58. The summed E-state index contributed by atoms with van der Waals surface area (Å²) in [7, 11) is 0. The number of rotatable bonds is 7. The second kappa shape index (κ2) is 9.27. The Labute approximate surface area is 185 Å². The van der Waals surface area contributed by atoms with Gasteiger partial charge in [0.25, 0.3) is 5.56 Å². The maximum atomic E-state index is 13.0. The Balaban J connectivity index is 1.61. The van der Waals surface area contributed by atoms with Crippen LogP contribution in [0.15, 0.2) is 77.0 Å². The van der Waals surface area contributed by atoms with Crippen molar-refractivity contribution in [3.8, 4) is 0 Å². The summed E-state index contributed by atoms with van der Waals surface area (Å²) < 4.78 is 1.47. The fourth-order valence-electron chi connectivity index (χ4n) is 3.66. The average molecular weight is 432 g/mol. The van der Waals surface area contributed by atoms with Gasteiger partial charge < -0.3 is 5.32 Å². The smallest absolute Gasteiger partial charge is 0.269 e. The lowest BCUT2D eigenvalue weighted by Crippen LogP contribution is -2.35. The molecule has 0 aliphatic rings. The van der Waals surface area contributed by atoms with E-state index >= 15 is 0 Å². The van der Waals surface area contributed by atoms with Crippen LogP contribution in [-0.4, -0.2) is 15.5 Å². The molecule has 0 saturated carbocycles. The van der Waals surface area contributed by atoms with Gasteiger partial charge in [0, 0.05) is 4.88 Å².